The molecule has 0 saturated heterocycles. The Labute approximate surface area is 196 Å². The molecular formula is C31H30FN. The predicted molar refractivity (Wildman–Crippen MR) is 135 cm³/mol. The van der Waals surface area contributed by atoms with Gasteiger partial charge in [0.15, 0.2) is 0 Å². The van der Waals surface area contributed by atoms with Crippen molar-refractivity contribution in [2.75, 3.05) is 0 Å². The third-order valence-electron chi connectivity index (χ3n) is 6.41. The van der Waals surface area contributed by atoms with Crippen LogP contribution in [0.4, 0.5) is 4.39 Å². The van der Waals surface area contributed by atoms with Crippen LogP contribution in [0.15, 0.2) is 78.9 Å². The molecule has 0 saturated carbocycles. The van der Waals surface area contributed by atoms with Gasteiger partial charge in [-0.1, -0.05) is 80.1 Å². The first kappa shape index (κ1) is 22.7. The lowest BCUT2D eigenvalue weighted by Gasteiger charge is -2.09. The van der Waals surface area contributed by atoms with Gasteiger partial charge in [0, 0.05) is 5.39 Å². The van der Waals surface area contributed by atoms with Crippen molar-refractivity contribution in [2.24, 2.45) is 0 Å². The Kier molecular flexibility index (Phi) is 7.53. The van der Waals surface area contributed by atoms with E-state index in [2.05, 4.69) is 49.4 Å². The molecule has 0 aliphatic rings. The number of nitrogens with zero attached hydrogens (tertiary/aromatic N) is 1. The van der Waals surface area contributed by atoms with Gasteiger partial charge in [-0.3, -0.25) is 0 Å². The van der Waals surface area contributed by atoms with Crippen molar-refractivity contribution >= 4 is 10.8 Å². The highest BCUT2D eigenvalue weighted by Gasteiger charge is 2.09. The van der Waals surface area contributed by atoms with E-state index in [9.17, 15) is 0 Å². The number of hydrogen-bond acceptors (Lipinski definition) is 1. The highest BCUT2D eigenvalue weighted by atomic mass is 19.1. The van der Waals surface area contributed by atoms with Crippen molar-refractivity contribution < 1.29 is 4.39 Å². The molecule has 2 heteroatoms. The summed E-state index contributed by atoms with van der Waals surface area (Å²) in [6.07, 6.45) is 6.96. The molecule has 0 N–H and O–H groups in total. The summed E-state index contributed by atoms with van der Waals surface area (Å²) in [5.41, 5.74) is 6.50. The summed E-state index contributed by atoms with van der Waals surface area (Å²) < 4.78 is 15.2. The van der Waals surface area contributed by atoms with Crippen molar-refractivity contribution in [3.63, 3.8) is 0 Å². The number of rotatable bonds is 9. The average Bonchev–Trinajstić information content (AvgIpc) is 2.86. The molecule has 0 radical (unpaired) electrons. The molecule has 0 aromatic heterocycles. The van der Waals surface area contributed by atoms with Gasteiger partial charge < -0.3 is 0 Å². The summed E-state index contributed by atoms with van der Waals surface area (Å²) in [5.74, 6) is -0.115. The zero-order chi connectivity index (χ0) is 23.0. The molecule has 4 aromatic rings. The van der Waals surface area contributed by atoms with Crippen LogP contribution in [0.2, 0.25) is 0 Å². The van der Waals surface area contributed by atoms with Gasteiger partial charge in [-0.15, -0.1) is 0 Å². The van der Waals surface area contributed by atoms with E-state index in [-0.39, 0.29) is 5.82 Å². The number of nitriles is 1. The van der Waals surface area contributed by atoms with Crippen molar-refractivity contribution in [1.82, 2.24) is 0 Å². The summed E-state index contributed by atoms with van der Waals surface area (Å²) in [5, 5.41) is 10.6. The molecule has 0 aliphatic heterocycles. The molecule has 0 bridgehead atoms. The van der Waals surface area contributed by atoms with Crippen LogP contribution in [0.5, 0.6) is 0 Å². The molecule has 4 rings (SSSR count). The van der Waals surface area contributed by atoms with E-state index >= 15 is 4.39 Å². The lowest BCUT2D eigenvalue weighted by molar-refractivity contribution is 0.620. The van der Waals surface area contributed by atoms with E-state index in [0.717, 1.165) is 42.2 Å². The Morgan fingerprint density at radius 3 is 1.91 bits per heavy atom. The Balaban J connectivity index is 1.40. The molecule has 0 spiro atoms. The minimum Gasteiger partial charge on any atom is -0.206 e. The summed E-state index contributed by atoms with van der Waals surface area (Å²) in [4.78, 5) is 0. The third kappa shape index (κ3) is 5.88. The maximum atomic E-state index is 15.2. The molecule has 0 aliphatic carbocycles. The lowest BCUT2D eigenvalue weighted by atomic mass is 9.97. The molecule has 0 atom stereocenters. The molecule has 4 aromatic carbocycles. The van der Waals surface area contributed by atoms with Gasteiger partial charge in [-0.2, -0.15) is 5.26 Å². The van der Waals surface area contributed by atoms with Crippen LogP contribution in [0.25, 0.3) is 10.8 Å². The maximum Gasteiger partial charge on any atom is 0.134 e. The van der Waals surface area contributed by atoms with Crippen molar-refractivity contribution in [1.29, 1.82) is 5.26 Å². The molecule has 0 fully saturated rings. The highest BCUT2D eigenvalue weighted by molar-refractivity contribution is 5.84. The Bertz CT molecular complexity index is 1250. The minimum atomic E-state index is -0.115. The molecular weight excluding hydrogens is 405 g/mol. The molecule has 166 valence electrons. The normalized spacial score (nSPS) is 10.9. The number of fused-ring (bicyclic) bond motifs is 1. The largest absolute Gasteiger partial charge is 0.206 e. The number of hydrogen-bond donors (Lipinski definition) is 0. The fourth-order valence-corrected chi connectivity index (χ4v) is 4.30. The van der Waals surface area contributed by atoms with Crippen molar-refractivity contribution in [3.8, 4) is 6.07 Å². The second-order valence-corrected chi connectivity index (χ2v) is 8.82. The van der Waals surface area contributed by atoms with E-state index in [1.807, 2.05) is 42.5 Å². The zero-order valence-electron chi connectivity index (χ0n) is 19.3. The molecule has 0 heterocycles. The number of halogens is 1. The van der Waals surface area contributed by atoms with Crippen LogP contribution in [0, 0.1) is 17.1 Å². The van der Waals surface area contributed by atoms with E-state index in [1.54, 1.807) is 0 Å². The lowest BCUT2D eigenvalue weighted by Crippen LogP contribution is -1.97. The average molecular weight is 436 g/mol. The summed E-state index contributed by atoms with van der Waals surface area (Å²) in [6.45, 7) is 2.22. The quantitative estimate of drug-likeness (QED) is 0.263. The van der Waals surface area contributed by atoms with Gasteiger partial charge in [0.25, 0.3) is 0 Å². The van der Waals surface area contributed by atoms with Gasteiger partial charge in [0.2, 0.25) is 0 Å². The van der Waals surface area contributed by atoms with Crippen LogP contribution >= 0.6 is 0 Å². The van der Waals surface area contributed by atoms with Gasteiger partial charge in [0.1, 0.15) is 5.82 Å². The van der Waals surface area contributed by atoms with Crippen LogP contribution < -0.4 is 0 Å². The van der Waals surface area contributed by atoms with Crippen molar-refractivity contribution in [3.05, 3.63) is 118 Å². The first-order chi connectivity index (χ1) is 16.2. The second kappa shape index (κ2) is 10.9. The minimum absolute atomic E-state index is 0.115. The van der Waals surface area contributed by atoms with E-state index < -0.39 is 0 Å². The summed E-state index contributed by atoms with van der Waals surface area (Å²) in [6, 6.07) is 28.7. The molecule has 33 heavy (non-hydrogen) atoms. The first-order valence-corrected chi connectivity index (χ1v) is 11.9. The van der Waals surface area contributed by atoms with Crippen LogP contribution in [0.3, 0.4) is 0 Å². The fraction of sp³-hybridized carbons (Fsp3) is 0.258. The zero-order valence-corrected chi connectivity index (χ0v) is 19.3. The fourth-order valence-electron chi connectivity index (χ4n) is 4.30. The summed E-state index contributed by atoms with van der Waals surface area (Å²) >= 11 is 0. The van der Waals surface area contributed by atoms with Gasteiger partial charge in [0.05, 0.1) is 11.6 Å². The number of benzene rings is 4. The third-order valence-corrected chi connectivity index (χ3v) is 6.41. The first-order valence-electron chi connectivity index (χ1n) is 11.9. The molecule has 1 nitrogen and oxygen atoms in total. The van der Waals surface area contributed by atoms with Crippen LogP contribution in [-0.2, 0) is 32.1 Å². The Morgan fingerprint density at radius 2 is 1.24 bits per heavy atom. The van der Waals surface area contributed by atoms with E-state index in [1.165, 1.54) is 29.5 Å². The maximum absolute atomic E-state index is 15.2. The Hall–Kier alpha value is -3.44. The van der Waals surface area contributed by atoms with Gasteiger partial charge in [-0.05, 0) is 83.9 Å². The monoisotopic (exact) mass is 435 g/mol. The standard InChI is InChI=1S/C31H30FN/c1-2-3-4-23-5-7-24(8-6-23)9-12-26-16-20-30-29(21-26)19-18-28(31(30)32)17-15-25-10-13-27(22-33)14-11-25/h5-8,10-11,13-14,16,18-21H,2-4,9,12,15,17H2,1H3. The number of unbranched alkanes of at least 4 members (excludes halogenated alkanes) is 1. The predicted octanol–water partition coefficient (Wildman–Crippen LogP) is 7.76. The van der Waals surface area contributed by atoms with E-state index in [0.29, 0.717) is 17.4 Å². The second-order valence-electron chi connectivity index (χ2n) is 8.82. The van der Waals surface area contributed by atoms with E-state index in [4.69, 9.17) is 5.26 Å². The molecule has 0 amide bonds. The Morgan fingerprint density at radius 1 is 0.667 bits per heavy atom. The van der Waals surface area contributed by atoms with Crippen LogP contribution in [-0.4, -0.2) is 0 Å². The SMILES string of the molecule is CCCCc1ccc(CCc2ccc3c(F)c(CCc4ccc(C#N)cc4)ccc3c2)cc1. The highest BCUT2D eigenvalue weighted by Crippen LogP contribution is 2.24. The van der Waals surface area contributed by atoms with Gasteiger partial charge in [-0.25, -0.2) is 4.39 Å². The molecule has 0 unspecified atom stereocenters. The summed E-state index contributed by atoms with van der Waals surface area (Å²) in [7, 11) is 0. The smallest absolute Gasteiger partial charge is 0.134 e. The number of aryl methyl sites for hydroxylation is 5. The van der Waals surface area contributed by atoms with Gasteiger partial charge >= 0.3 is 0 Å². The topological polar surface area (TPSA) is 23.8 Å². The van der Waals surface area contributed by atoms with Crippen LogP contribution in [0.1, 0.15) is 53.1 Å². The van der Waals surface area contributed by atoms with Crippen molar-refractivity contribution in [2.45, 2.75) is 51.9 Å².